The van der Waals surface area contributed by atoms with Crippen molar-refractivity contribution >= 4 is 16.9 Å². The maximum absolute atomic E-state index is 11.6. The van der Waals surface area contributed by atoms with Gasteiger partial charge in [0.2, 0.25) is 5.91 Å². The van der Waals surface area contributed by atoms with Gasteiger partial charge < -0.3 is 9.73 Å². The Morgan fingerprint density at radius 2 is 2.22 bits per heavy atom. The summed E-state index contributed by atoms with van der Waals surface area (Å²) in [6, 6.07) is 10.1. The molecule has 1 atom stereocenters. The molecular weight excluding hydrogens is 226 g/mol. The number of para-hydroxylation sites is 1. The molecule has 94 valence electrons. The predicted octanol–water partition coefficient (Wildman–Crippen LogP) is 2.89. The number of benzene rings is 1. The molecule has 1 saturated carbocycles. The number of amides is 1. The van der Waals surface area contributed by atoms with Crippen molar-refractivity contribution in [1.82, 2.24) is 5.32 Å². The fraction of sp³-hybridized carbons (Fsp3) is 0.400. The Morgan fingerprint density at radius 3 is 2.94 bits per heavy atom. The number of fused-ring (bicyclic) bond motifs is 1. The van der Waals surface area contributed by atoms with Gasteiger partial charge in [-0.15, -0.1) is 0 Å². The Hall–Kier alpha value is -1.77. The van der Waals surface area contributed by atoms with Gasteiger partial charge in [0.1, 0.15) is 11.3 Å². The molecule has 3 nitrogen and oxygen atoms in total. The number of rotatable bonds is 4. The summed E-state index contributed by atoms with van der Waals surface area (Å²) in [5, 5.41) is 4.15. The van der Waals surface area contributed by atoms with Crippen molar-refractivity contribution in [2.75, 3.05) is 0 Å². The molecule has 3 heteroatoms. The molecule has 0 saturated heterocycles. The van der Waals surface area contributed by atoms with Gasteiger partial charge in [0, 0.05) is 23.8 Å². The highest BCUT2D eigenvalue weighted by atomic mass is 16.3. The first-order chi connectivity index (χ1) is 8.72. The maximum atomic E-state index is 11.6. The number of carbonyl (C=O) groups excluding carboxylic acids is 1. The van der Waals surface area contributed by atoms with Crippen molar-refractivity contribution in [2.24, 2.45) is 5.92 Å². The van der Waals surface area contributed by atoms with Gasteiger partial charge in [-0.2, -0.15) is 0 Å². The molecule has 1 N–H and O–H groups in total. The molecule has 1 aromatic heterocycles. The van der Waals surface area contributed by atoms with Gasteiger partial charge in [0.15, 0.2) is 0 Å². The van der Waals surface area contributed by atoms with Gasteiger partial charge in [0.25, 0.3) is 0 Å². The first-order valence-corrected chi connectivity index (χ1v) is 6.50. The van der Waals surface area contributed by atoms with E-state index in [0.29, 0.717) is 0 Å². The van der Waals surface area contributed by atoms with Crippen LogP contribution in [0.25, 0.3) is 11.0 Å². The second-order valence-electron chi connectivity index (χ2n) is 5.14. The third-order valence-electron chi connectivity index (χ3n) is 3.32. The average molecular weight is 243 g/mol. The highest BCUT2D eigenvalue weighted by molar-refractivity contribution is 5.81. The summed E-state index contributed by atoms with van der Waals surface area (Å²) in [5.41, 5.74) is 0.910. The van der Waals surface area contributed by atoms with E-state index in [-0.39, 0.29) is 17.9 Å². The monoisotopic (exact) mass is 243 g/mol. The van der Waals surface area contributed by atoms with Crippen molar-refractivity contribution in [2.45, 2.75) is 32.2 Å². The quantitative estimate of drug-likeness (QED) is 0.897. The molecule has 1 aliphatic rings. The molecule has 0 aliphatic heterocycles. The summed E-state index contributed by atoms with van der Waals surface area (Å²) in [6.07, 6.45) is 2.83. The lowest BCUT2D eigenvalue weighted by molar-refractivity contribution is -0.122. The predicted molar refractivity (Wildman–Crippen MR) is 70.2 cm³/mol. The minimum atomic E-state index is 0.124. The number of carbonyl (C=O) groups is 1. The van der Waals surface area contributed by atoms with E-state index in [1.807, 2.05) is 31.2 Å². The fourth-order valence-electron chi connectivity index (χ4n) is 2.20. The molecule has 1 aromatic carbocycles. The van der Waals surface area contributed by atoms with Crippen LogP contribution in [0.15, 0.2) is 34.7 Å². The zero-order valence-corrected chi connectivity index (χ0v) is 10.5. The lowest BCUT2D eigenvalue weighted by Gasteiger charge is -2.11. The molecular formula is C15H17NO2. The Balaban J connectivity index is 1.65. The summed E-state index contributed by atoms with van der Waals surface area (Å²) in [4.78, 5) is 11.6. The van der Waals surface area contributed by atoms with Gasteiger partial charge in [-0.25, -0.2) is 0 Å². The van der Waals surface area contributed by atoms with Crippen molar-refractivity contribution in [1.29, 1.82) is 0 Å². The van der Waals surface area contributed by atoms with E-state index in [1.165, 1.54) is 0 Å². The molecule has 1 unspecified atom stereocenters. The number of hydrogen-bond acceptors (Lipinski definition) is 2. The Labute approximate surface area is 106 Å². The SMILES string of the molecule is CC(Cc1cc2ccccc2o1)NC(=O)C1CC1. The molecule has 1 fully saturated rings. The lowest BCUT2D eigenvalue weighted by Crippen LogP contribution is -2.34. The summed E-state index contributed by atoms with van der Waals surface area (Å²) >= 11 is 0. The van der Waals surface area contributed by atoms with Crippen LogP contribution in [0, 0.1) is 5.92 Å². The maximum Gasteiger partial charge on any atom is 0.223 e. The van der Waals surface area contributed by atoms with E-state index in [9.17, 15) is 4.79 Å². The van der Waals surface area contributed by atoms with Crippen molar-refractivity contribution in [3.05, 3.63) is 36.1 Å². The standard InChI is InChI=1S/C15H17NO2/c1-10(16-15(17)11-6-7-11)8-13-9-12-4-2-3-5-14(12)18-13/h2-5,9-11H,6-8H2,1H3,(H,16,17). The Bertz CT molecular complexity index is 536. The van der Waals surface area contributed by atoms with Crippen LogP contribution in [0.2, 0.25) is 0 Å². The van der Waals surface area contributed by atoms with Crippen LogP contribution >= 0.6 is 0 Å². The number of hydrogen-bond donors (Lipinski definition) is 1. The second-order valence-corrected chi connectivity index (χ2v) is 5.14. The van der Waals surface area contributed by atoms with Crippen LogP contribution in [0.1, 0.15) is 25.5 Å². The minimum Gasteiger partial charge on any atom is -0.461 e. The first-order valence-electron chi connectivity index (χ1n) is 6.50. The zero-order valence-electron chi connectivity index (χ0n) is 10.5. The normalized spacial score (nSPS) is 16.7. The van der Waals surface area contributed by atoms with Gasteiger partial charge in [-0.1, -0.05) is 18.2 Å². The van der Waals surface area contributed by atoms with Crippen molar-refractivity contribution < 1.29 is 9.21 Å². The van der Waals surface area contributed by atoms with Gasteiger partial charge >= 0.3 is 0 Å². The zero-order chi connectivity index (χ0) is 12.5. The lowest BCUT2D eigenvalue weighted by atomic mass is 10.1. The van der Waals surface area contributed by atoms with E-state index in [4.69, 9.17) is 4.42 Å². The van der Waals surface area contributed by atoms with Crippen LogP contribution in [-0.2, 0) is 11.2 Å². The highest BCUT2D eigenvalue weighted by Crippen LogP contribution is 2.29. The second kappa shape index (κ2) is 4.48. The van der Waals surface area contributed by atoms with E-state index >= 15 is 0 Å². The topological polar surface area (TPSA) is 42.2 Å². The Kier molecular flexibility index (Phi) is 2.82. The fourth-order valence-corrected chi connectivity index (χ4v) is 2.20. The molecule has 0 bridgehead atoms. The summed E-state index contributed by atoms with van der Waals surface area (Å²) < 4.78 is 5.75. The van der Waals surface area contributed by atoms with Crippen LogP contribution < -0.4 is 5.32 Å². The van der Waals surface area contributed by atoms with Crippen molar-refractivity contribution in [3.63, 3.8) is 0 Å². The van der Waals surface area contributed by atoms with Crippen LogP contribution in [-0.4, -0.2) is 11.9 Å². The summed E-state index contributed by atoms with van der Waals surface area (Å²) in [5.74, 6) is 1.39. The molecule has 2 aromatic rings. The highest BCUT2D eigenvalue weighted by Gasteiger charge is 2.30. The van der Waals surface area contributed by atoms with Crippen molar-refractivity contribution in [3.8, 4) is 0 Å². The van der Waals surface area contributed by atoms with Crippen LogP contribution in [0.4, 0.5) is 0 Å². The summed E-state index contributed by atoms with van der Waals surface area (Å²) in [6.45, 7) is 2.02. The molecule has 1 aliphatic carbocycles. The number of nitrogens with one attached hydrogen (secondary N) is 1. The number of furan rings is 1. The van der Waals surface area contributed by atoms with Gasteiger partial charge in [-0.3, -0.25) is 4.79 Å². The largest absolute Gasteiger partial charge is 0.461 e. The molecule has 0 spiro atoms. The van der Waals surface area contributed by atoms with Gasteiger partial charge in [0.05, 0.1) is 0 Å². The molecule has 1 amide bonds. The third-order valence-corrected chi connectivity index (χ3v) is 3.32. The van der Waals surface area contributed by atoms with E-state index in [0.717, 1.165) is 36.0 Å². The first kappa shape index (κ1) is 11.3. The molecule has 1 heterocycles. The van der Waals surface area contributed by atoms with E-state index in [1.54, 1.807) is 0 Å². The summed E-state index contributed by atoms with van der Waals surface area (Å²) in [7, 11) is 0. The van der Waals surface area contributed by atoms with Crippen LogP contribution in [0.5, 0.6) is 0 Å². The average Bonchev–Trinajstić information content (AvgIpc) is 3.10. The minimum absolute atomic E-state index is 0.124. The molecule has 18 heavy (non-hydrogen) atoms. The Morgan fingerprint density at radius 1 is 1.44 bits per heavy atom. The smallest absolute Gasteiger partial charge is 0.223 e. The van der Waals surface area contributed by atoms with E-state index in [2.05, 4.69) is 11.4 Å². The van der Waals surface area contributed by atoms with E-state index < -0.39 is 0 Å². The molecule has 0 radical (unpaired) electrons. The van der Waals surface area contributed by atoms with Gasteiger partial charge in [-0.05, 0) is 31.9 Å². The molecule has 3 rings (SSSR count). The van der Waals surface area contributed by atoms with Crippen LogP contribution in [0.3, 0.4) is 0 Å². The third kappa shape index (κ3) is 2.40.